The smallest absolute Gasteiger partial charge is 0.237 e. The van der Waals surface area contributed by atoms with E-state index in [0.717, 1.165) is 33.8 Å². The molecule has 24 heavy (non-hydrogen) atoms. The Bertz CT molecular complexity index is 814. The number of nitrogens with one attached hydrogen (secondary N) is 1. The largest absolute Gasteiger partial charge is 0.338 e. The predicted octanol–water partition coefficient (Wildman–Crippen LogP) is 4.53. The van der Waals surface area contributed by atoms with E-state index in [0.29, 0.717) is 11.6 Å². The van der Waals surface area contributed by atoms with Gasteiger partial charge in [0.15, 0.2) is 10.2 Å². The number of hydrogen-bond donors (Lipinski definition) is 1. The molecule has 0 unspecified atom stereocenters. The fourth-order valence-corrected chi connectivity index (χ4v) is 3.67. The van der Waals surface area contributed by atoms with Crippen LogP contribution in [0.4, 0.5) is 10.8 Å². The van der Waals surface area contributed by atoms with Crippen molar-refractivity contribution in [3.8, 4) is 0 Å². The molecule has 0 radical (unpaired) electrons. The summed E-state index contributed by atoms with van der Waals surface area (Å²) in [6.07, 6.45) is 1.85. The van der Waals surface area contributed by atoms with E-state index in [2.05, 4.69) is 58.6 Å². The van der Waals surface area contributed by atoms with E-state index in [-0.39, 0.29) is 0 Å². The molecule has 3 rings (SSSR count). The lowest BCUT2D eigenvalue weighted by Crippen LogP contribution is -1.91. The second kappa shape index (κ2) is 7.76. The zero-order valence-electron chi connectivity index (χ0n) is 13.9. The summed E-state index contributed by atoms with van der Waals surface area (Å²) in [5.41, 5.74) is 3.54. The van der Waals surface area contributed by atoms with E-state index < -0.39 is 0 Å². The third-order valence-electron chi connectivity index (χ3n) is 3.47. The highest BCUT2D eigenvalue weighted by molar-refractivity contribution is 8.00. The molecule has 126 valence electrons. The fourth-order valence-electron chi connectivity index (χ4n) is 2.06. The molecule has 0 saturated heterocycles. The Hall–Kier alpha value is -1.93. The zero-order valence-corrected chi connectivity index (χ0v) is 15.5. The van der Waals surface area contributed by atoms with Crippen molar-refractivity contribution < 1.29 is 4.52 Å². The first-order chi connectivity index (χ1) is 11.6. The van der Waals surface area contributed by atoms with Crippen LogP contribution in [0.15, 0.2) is 27.1 Å². The van der Waals surface area contributed by atoms with Crippen LogP contribution in [0.25, 0.3) is 0 Å². The number of nitrogens with zero attached hydrogens (tertiary/aromatic N) is 4. The van der Waals surface area contributed by atoms with Gasteiger partial charge in [-0.15, -0.1) is 10.2 Å². The molecule has 0 aliphatic rings. The number of thioether (sulfide) groups is 1. The standard InChI is InChI=1S/C16H19N5OS2/c1-4-5-13-18-14(22-21-13)9-23-16-20-19-15(24-16)17-12-7-6-10(2)11(3)8-12/h6-8H,4-5,9H2,1-3H3,(H,17,19). The first-order valence-corrected chi connectivity index (χ1v) is 9.56. The molecule has 0 saturated carbocycles. The average Bonchev–Trinajstić information content (AvgIpc) is 3.19. The van der Waals surface area contributed by atoms with Crippen molar-refractivity contribution in [2.24, 2.45) is 0 Å². The van der Waals surface area contributed by atoms with Gasteiger partial charge in [-0.25, -0.2) is 0 Å². The van der Waals surface area contributed by atoms with Crippen molar-refractivity contribution in [1.29, 1.82) is 0 Å². The topological polar surface area (TPSA) is 76.7 Å². The molecule has 0 aliphatic heterocycles. The first-order valence-electron chi connectivity index (χ1n) is 7.76. The Morgan fingerprint density at radius 2 is 2.08 bits per heavy atom. The quantitative estimate of drug-likeness (QED) is 0.620. The lowest BCUT2D eigenvalue weighted by atomic mass is 10.1. The van der Waals surface area contributed by atoms with E-state index in [1.807, 2.05) is 6.07 Å². The summed E-state index contributed by atoms with van der Waals surface area (Å²) in [7, 11) is 0. The van der Waals surface area contributed by atoms with Gasteiger partial charge in [-0.2, -0.15) is 4.98 Å². The van der Waals surface area contributed by atoms with Gasteiger partial charge >= 0.3 is 0 Å². The molecule has 0 fully saturated rings. The van der Waals surface area contributed by atoms with Crippen LogP contribution in [0.5, 0.6) is 0 Å². The molecule has 1 aromatic carbocycles. The summed E-state index contributed by atoms with van der Waals surface area (Å²) in [4.78, 5) is 4.35. The van der Waals surface area contributed by atoms with Gasteiger partial charge in [0.2, 0.25) is 11.0 Å². The van der Waals surface area contributed by atoms with Crippen molar-refractivity contribution in [3.05, 3.63) is 41.0 Å². The monoisotopic (exact) mass is 361 g/mol. The summed E-state index contributed by atoms with van der Waals surface area (Å²) in [5, 5.41) is 16.4. The molecule has 8 heteroatoms. The van der Waals surface area contributed by atoms with Crippen molar-refractivity contribution in [2.45, 2.75) is 43.7 Å². The second-order valence-electron chi connectivity index (χ2n) is 5.44. The van der Waals surface area contributed by atoms with Gasteiger partial charge in [0.05, 0.1) is 5.75 Å². The molecule has 0 amide bonds. The van der Waals surface area contributed by atoms with Crippen LogP contribution in [0, 0.1) is 13.8 Å². The SMILES string of the molecule is CCCc1noc(CSc2nnc(Nc3ccc(C)c(C)c3)s2)n1. The minimum atomic E-state index is 0.606. The molecule has 2 heterocycles. The molecule has 0 bridgehead atoms. The molecular weight excluding hydrogens is 342 g/mol. The Morgan fingerprint density at radius 3 is 2.88 bits per heavy atom. The van der Waals surface area contributed by atoms with E-state index in [4.69, 9.17) is 4.52 Å². The minimum absolute atomic E-state index is 0.606. The van der Waals surface area contributed by atoms with Gasteiger partial charge in [0.1, 0.15) is 0 Å². The molecular formula is C16H19N5OS2. The van der Waals surface area contributed by atoms with Crippen LogP contribution in [0.2, 0.25) is 0 Å². The highest BCUT2D eigenvalue weighted by Crippen LogP contribution is 2.30. The Morgan fingerprint density at radius 1 is 1.21 bits per heavy atom. The Labute approximate surface area is 149 Å². The van der Waals surface area contributed by atoms with Gasteiger partial charge in [0, 0.05) is 12.1 Å². The molecule has 0 atom stereocenters. The molecule has 3 aromatic rings. The first kappa shape index (κ1) is 16.9. The van der Waals surface area contributed by atoms with Gasteiger partial charge < -0.3 is 9.84 Å². The Balaban J connectivity index is 1.57. The van der Waals surface area contributed by atoms with Crippen LogP contribution in [0.3, 0.4) is 0 Å². The number of benzene rings is 1. The highest BCUT2D eigenvalue weighted by atomic mass is 32.2. The second-order valence-corrected chi connectivity index (χ2v) is 7.64. The van der Waals surface area contributed by atoms with Gasteiger partial charge in [-0.3, -0.25) is 0 Å². The third kappa shape index (κ3) is 4.33. The summed E-state index contributed by atoms with van der Waals surface area (Å²) in [5.74, 6) is 2.00. The Kier molecular flexibility index (Phi) is 5.47. The minimum Gasteiger partial charge on any atom is -0.338 e. The summed E-state index contributed by atoms with van der Waals surface area (Å²) >= 11 is 3.06. The van der Waals surface area contributed by atoms with Crippen LogP contribution in [0.1, 0.15) is 36.2 Å². The van der Waals surface area contributed by atoms with E-state index in [9.17, 15) is 0 Å². The molecule has 2 aromatic heterocycles. The van der Waals surface area contributed by atoms with Crippen LogP contribution in [-0.4, -0.2) is 20.3 Å². The average molecular weight is 361 g/mol. The summed E-state index contributed by atoms with van der Waals surface area (Å²) in [6, 6.07) is 6.25. The van der Waals surface area contributed by atoms with Crippen molar-refractivity contribution in [2.75, 3.05) is 5.32 Å². The number of anilines is 2. The van der Waals surface area contributed by atoms with E-state index in [1.54, 1.807) is 11.8 Å². The highest BCUT2D eigenvalue weighted by Gasteiger charge is 2.10. The molecule has 6 nitrogen and oxygen atoms in total. The van der Waals surface area contributed by atoms with Gasteiger partial charge in [0.25, 0.3) is 0 Å². The van der Waals surface area contributed by atoms with E-state index in [1.165, 1.54) is 22.5 Å². The maximum absolute atomic E-state index is 5.22. The maximum atomic E-state index is 5.22. The van der Waals surface area contributed by atoms with Gasteiger partial charge in [-0.1, -0.05) is 41.2 Å². The number of rotatable bonds is 7. The maximum Gasteiger partial charge on any atom is 0.237 e. The molecule has 0 aliphatic carbocycles. The number of aromatic nitrogens is 4. The summed E-state index contributed by atoms with van der Waals surface area (Å²) < 4.78 is 6.10. The van der Waals surface area contributed by atoms with E-state index >= 15 is 0 Å². The third-order valence-corrected chi connectivity index (χ3v) is 5.42. The molecule has 0 spiro atoms. The van der Waals surface area contributed by atoms with Crippen LogP contribution < -0.4 is 5.32 Å². The summed E-state index contributed by atoms with van der Waals surface area (Å²) in [6.45, 7) is 6.29. The zero-order chi connectivity index (χ0) is 16.9. The predicted molar refractivity (Wildman–Crippen MR) is 97.0 cm³/mol. The lowest BCUT2D eigenvalue weighted by Gasteiger charge is -2.05. The number of aryl methyl sites for hydroxylation is 3. The van der Waals surface area contributed by atoms with Crippen molar-refractivity contribution >= 4 is 33.9 Å². The lowest BCUT2D eigenvalue weighted by molar-refractivity contribution is 0.384. The fraction of sp³-hybridized carbons (Fsp3) is 0.375. The van der Waals surface area contributed by atoms with Crippen molar-refractivity contribution in [3.63, 3.8) is 0 Å². The van der Waals surface area contributed by atoms with Crippen molar-refractivity contribution in [1.82, 2.24) is 20.3 Å². The van der Waals surface area contributed by atoms with Gasteiger partial charge in [-0.05, 0) is 43.5 Å². The normalized spacial score (nSPS) is 11.0. The number of hydrogen-bond acceptors (Lipinski definition) is 8. The van der Waals surface area contributed by atoms with Crippen LogP contribution in [-0.2, 0) is 12.2 Å². The van der Waals surface area contributed by atoms with Crippen LogP contribution >= 0.6 is 23.1 Å². The molecule has 1 N–H and O–H groups in total.